The Hall–Kier alpha value is -2.36. The van der Waals surface area contributed by atoms with Gasteiger partial charge in [-0.3, -0.25) is 4.79 Å². The molecule has 0 saturated carbocycles. The van der Waals surface area contributed by atoms with Crippen molar-refractivity contribution in [2.45, 2.75) is 19.3 Å². The van der Waals surface area contributed by atoms with Crippen LogP contribution in [0, 0.1) is 5.82 Å². The van der Waals surface area contributed by atoms with Gasteiger partial charge in [0.15, 0.2) is 0 Å². The molecule has 1 amide bonds. The highest BCUT2D eigenvalue weighted by Crippen LogP contribution is 2.28. The number of para-hydroxylation sites is 1. The van der Waals surface area contributed by atoms with Crippen LogP contribution in [0.5, 0.6) is 0 Å². The largest absolute Gasteiger partial charge is 0.397 e. The van der Waals surface area contributed by atoms with Crippen LogP contribution in [0.25, 0.3) is 0 Å². The van der Waals surface area contributed by atoms with Crippen LogP contribution in [0.3, 0.4) is 0 Å². The smallest absolute Gasteiger partial charge is 0.234 e. The molecular weight excluding hydrogens is 255 g/mol. The number of hydrogen-bond donors (Lipinski definition) is 2. The highest BCUT2D eigenvalue weighted by Gasteiger charge is 2.30. The molecule has 2 aromatic rings. The van der Waals surface area contributed by atoms with E-state index in [0.717, 1.165) is 5.56 Å². The van der Waals surface area contributed by atoms with Crippen LogP contribution < -0.4 is 11.1 Å². The molecule has 0 aliphatic heterocycles. The molecule has 0 saturated heterocycles. The third-order valence-corrected chi connectivity index (χ3v) is 3.35. The van der Waals surface area contributed by atoms with Gasteiger partial charge in [0.1, 0.15) is 11.5 Å². The van der Waals surface area contributed by atoms with Crippen molar-refractivity contribution in [2.24, 2.45) is 0 Å². The van der Waals surface area contributed by atoms with E-state index < -0.39 is 11.2 Å². The lowest BCUT2D eigenvalue weighted by Gasteiger charge is -2.24. The van der Waals surface area contributed by atoms with Gasteiger partial charge in [0.2, 0.25) is 5.91 Å². The number of carbonyl (C=O) groups excluding carboxylic acids is 1. The number of rotatable bonds is 3. The predicted molar refractivity (Wildman–Crippen MR) is 78.9 cm³/mol. The van der Waals surface area contributed by atoms with E-state index in [-0.39, 0.29) is 17.3 Å². The number of carbonyl (C=O) groups is 1. The van der Waals surface area contributed by atoms with E-state index in [0.29, 0.717) is 0 Å². The molecule has 0 aliphatic carbocycles. The second kappa shape index (κ2) is 5.33. The molecule has 0 unspecified atom stereocenters. The fraction of sp³-hybridized carbons (Fsp3) is 0.188. The van der Waals surface area contributed by atoms with Crippen molar-refractivity contribution in [1.82, 2.24) is 0 Å². The second-order valence-electron chi connectivity index (χ2n) is 5.15. The maximum Gasteiger partial charge on any atom is 0.234 e. The van der Waals surface area contributed by atoms with E-state index in [1.54, 1.807) is 19.9 Å². The quantitative estimate of drug-likeness (QED) is 0.842. The third kappa shape index (κ3) is 2.64. The summed E-state index contributed by atoms with van der Waals surface area (Å²) in [5.41, 5.74) is 6.01. The second-order valence-corrected chi connectivity index (χ2v) is 5.15. The molecule has 0 aromatic heterocycles. The van der Waals surface area contributed by atoms with Crippen LogP contribution in [-0.4, -0.2) is 5.91 Å². The molecule has 0 spiro atoms. The Balaban J connectivity index is 2.28. The number of anilines is 2. The molecule has 0 atom stereocenters. The molecule has 104 valence electrons. The summed E-state index contributed by atoms with van der Waals surface area (Å²) in [5, 5.41) is 2.58. The molecule has 0 fully saturated rings. The maximum absolute atomic E-state index is 13.7. The summed E-state index contributed by atoms with van der Waals surface area (Å²) in [7, 11) is 0. The summed E-state index contributed by atoms with van der Waals surface area (Å²) >= 11 is 0. The van der Waals surface area contributed by atoms with Crippen molar-refractivity contribution in [1.29, 1.82) is 0 Å². The van der Waals surface area contributed by atoms with E-state index >= 15 is 0 Å². The Kier molecular flexibility index (Phi) is 3.74. The Labute approximate surface area is 117 Å². The summed E-state index contributed by atoms with van der Waals surface area (Å²) in [6.45, 7) is 3.57. The van der Waals surface area contributed by atoms with Gasteiger partial charge in [-0.1, -0.05) is 36.4 Å². The van der Waals surface area contributed by atoms with E-state index in [1.807, 2.05) is 30.3 Å². The maximum atomic E-state index is 13.7. The number of amides is 1. The van der Waals surface area contributed by atoms with Crippen LogP contribution in [0.2, 0.25) is 0 Å². The monoisotopic (exact) mass is 272 g/mol. The number of nitrogens with one attached hydrogen (secondary N) is 1. The molecular formula is C16H17FN2O. The molecule has 0 heterocycles. The fourth-order valence-electron chi connectivity index (χ4n) is 1.93. The average molecular weight is 272 g/mol. The van der Waals surface area contributed by atoms with Crippen molar-refractivity contribution in [3.05, 3.63) is 59.9 Å². The minimum absolute atomic E-state index is 0.0292. The zero-order valence-electron chi connectivity index (χ0n) is 11.5. The van der Waals surface area contributed by atoms with Gasteiger partial charge < -0.3 is 11.1 Å². The van der Waals surface area contributed by atoms with Gasteiger partial charge in [0.05, 0.1) is 11.1 Å². The minimum Gasteiger partial charge on any atom is -0.397 e. The summed E-state index contributed by atoms with van der Waals surface area (Å²) in [5.74, 6) is -0.845. The first-order chi connectivity index (χ1) is 9.43. The zero-order valence-corrected chi connectivity index (χ0v) is 11.5. The molecule has 4 heteroatoms. The molecule has 3 N–H and O–H groups in total. The Morgan fingerprint density at radius 3 is 2.35 bits per heavy atom. The summed E-state index contributed by atoms with van der Waals surface area (Å²) < 4.78 is 13.7. The lowest BCUT2D eigenvalue weighted by Crippen LogP contribution is -2.35. The van der Waals surface area contributed by atoms with E-state index in [9.17, 15) is 9.18 Å². The Bertz CT molecular complexity index is 603. The number of benzene rings is 2. The van der Waals surface area contributed by atoms with E-state index in [1.165, 1.54) is 12.1 Å². The summed E-state index contributed by atoms with van der Waals surface area (Å²) in [4.78, 5) is 12.4. The molecule has 20 heavy (non-hydrogen) atoms. The van der Waals surface area contributed by atoms with Gasteiger partial charge >= 0.3 is 0 Å². The third-order valence-electron chi connectivity index (χ3n) is 3.35. The Morgan fingerprint density at radius 1 is 1.10 bits per heavy atom. The molecule has 2 rings (SSSR count). The van der Waals surface area contributed by atoms with Gasteiger partial charge in [0, 0.05) is 0 Å². The van der Waals surface area contributed by atoms with Gasteiger partial charge in [-0.05, 0) is 31.5 Å². The first-order valence-electron chi connectivity index (χ1n) is 6.34. The van der Waals surface area contributed by atoms with Crippen molar-refractivity contribution >= 4 is 17.3 Å². The molecule has 0 radical (unpaired) electrons. The Morgan fingerprint density at radius 2 is 1.75 bits per heavy atom. The normalized spacial score (nSPS) is 11.2. The van der Waals surface area contributed by atoms with Crippen LogP contribution in [-0.2, 0) is 10.2 Å². The zero-order chi connectivity index (χ0) is 14.8. The van der Waals surface area contributed by atoms with Gasteiger partial charge in [-0.25, -0.2) is 4.39 Å². The first-order valence-corrected chi connectivity index (χ1v) is 6.34. The van der Waals surface area contributed by atoms with Crippen molar-refractivity contribution < 1.29 is 9.18 Å². The SMILES string of the molecule is CC(C)(C(=O)Nc1c(N)cccc1F)c1ccccc1. The molecule has 2 aromatic carbocycles. The minimum atomic E-state index is -0.782. The van der Waals surface area contributed by atoms with Crippen LogP contribution >= 0.6 is 0 Å². The summed E-state index contributed by atoms with van der Waals surface area (Å²) in [6, 6.07) is 13.7. The predicted octanol–water partition coefficient (Wildman–Crippen LogP) is 3.32. The van der Waals surface area contributed by atoms with Gasteiger partial charge in [0.25, 0.3) is 0 Å². The highest BCUT2D eigenvalue weighted by atomic mass is 19.1. The fourth-order valence-corrected chi connectivity index (χ4v) is 1.93. The topological polar surface area (TPSA) is 55.1 Å². The van der Waals surface area contributed by atoms with Crippen molar-refractivity contribution in [2.75, 3.05) is 11.1 Å². The lowest BCUT2D eigenvalue weighted by atomic mass is 9.83. The van der Waals surface area contributed by atoms with Crippen LogP contribution in [0.1, 0.15) is 19.4 Å². The van der Waals surface area contributed by atoms with E-state index in [2.05, 4.69) is 5.32 Å². The van der Waals surface area contributed by atoms with E-state index in [4.69, 9.17) is 5.73 Å². The summed E-state index contributed by atoms with van der Waals surface area (Å²) in [6.07, 6.45) is 0. The van der Waals surface area contributed by atoms with Crippen LogP contribution in [0.15, 0.2) is 48.5 Å². The molecule has 0 aliphatic rings. The number of nitrogens with two attached hydrogens (primary N) is 1. The van der Waals surface area contributed by atoms with Gasteiger partial charge in [-0.2, -0.15) is 0 Å². The molecule has 0 bridgehead atoms. The van der Waals surface area contributed by atoms with Crippen LogP contribution in [0.4, 0.5) is 15.8 Å². The number of halogens is 1. The highest BCUT2D eigenvalue weighted by molar-refractivity contribution is 6.00. The van der Waals surface area contributed by atoms with Crippen molar-refractivity contribution in [3.63, 3.8) is 0 Å². The number of nitrogen functional groups attached to an aromatic ring is 1. The van der Waals surface area contributed by atoms with Crippen molar-refractivity contribution in [3.8, 4) is 0 Å². The average Bonchev–Trinajstić information content (AvgIpc) is 2.43. The standard InChI is InChI=1S/C16H17FN2O/c1-16(2,11-7-4-3-5-8-11)15(20)19-14-12(17)9-6-10-13(14)18/h3-10H,18H2,1-2H3,(H,19,20). The van der Waals surface area contributed by atoms with Gasteiger partial charge in [-0.15, -0.1) is 0 Å². The lowest BCUT2D eigenvalue weighted by molar-refractivity contribution is -0.120. The molecule has 3 nitrogen and oxygen atoms in total. The number of hydrogen-bond acceptors (Lipinski definition) is 2. The first kappa shape index (κ1) is 14.1.